The van der Waals surface area contributed by atoms with Crippen LogP contribution in [0.3, 0.4) is 0 Å². The van der Waals surface area contributed by atoms with Crippen molar-refractivity contribution in [3.63, 3.8) is 0 Å². The summed E-state index contributed by atoms with van der Waals surface area (Å²) >= 11 is 12.1. The first kappa shape index (κ1) is 11.0. The summed E-state index contributed by atoms with van der Waals surface area (Å²) in [5.41, 5.74) is 6.53. The number of anilines is 1. The fourth-order valence-electron chi connectivity index (χ4n) is 0.885. The highest BCUT2D eigenvalue weighted by Crippen LogP contribution is 2.29. The van der Waals surface area contributed by atoms with Gasteiger partial charge in [-0.15, -0.1) is 0 Å². The van der Waals surface area contributed by atoms with Crippen molar-refractivity contribution in [2.24, 2.45) is 0 Å². The molecular formula is C8H6Br2ClNO. The number of carbonyl (C=O) groups is 1. The molecule has 0 unspecified atom stereocenters. The second-order valence-corrected chi connectivity index (χ2v) is 4.18. The van der Waals surface area contributed by atoms with E-state index < -0.39 is 0 Å². The van der Waals surface area contributed by atoms with E-state index in [1.165, 1.54) is 0 Å². The van der Waals surface area contributed by atoms with Gasteiger partial charge in [-0.1, -0.05) is 27.5 Å². The highest BCUT2D eigenvalue weighted by Gasteiger charge is 2.12. The molecule has 0 saturated carbocycles. The molecule has 0 fully saturated rings. The summed E-state index contributed by atoms with van der Waals surface area (Å²) in [5.74, 6) is -0.0546. The number of nitrogen functional groups attached to an aromatic ring is 1. The highest BCUT2D eigenvalue weighted by molar-refractivity contribution is 9.10. The standard InChI is InChI=1S/C8H6Br2ClNO/c9-3-7(13)5-1-4(12)2-6(11)8(5)10/h1-2H,3,12H2. The van der Waals surface area contributed by atoms with Crippen LogP contribution < -0.4 is 5.73 Å². The van der Waals surface area contributed by atoms with E-state index in [1.54, 1.807) is 12.1 Å². The summed E-state index contributed by atoms with van der Waals surface area (Å²) in [7, 11) is 0. The number of halogens is 3. The molecule has 70 valence electrons. The molecule has 0 heterocycles. The van der Waals surface area contributed by atoms with E-state index in [0.29, 0.717) is 20.7 Å². The lowest BCUT2D eigenvalue weighted by molar-refractivity contribution is 0.102. The van der Waals surface area contributed by atoms with Crippen molar-refractivity contribution < 1.29 is 4.79 Å². The zero-order chi connectivity index (χ0) is 10.0. The fourth-order valence-corrected chi connectivity index (χ4v) is 1.86. The zero-order valence-corrected chi connectivity index (χ0v) is 10.4. The Morgan fingerprint density at radius 1 is 1.54 bits per heavy atom. The number of benzene rings is 1. The Labute approximate surface area is 97.7 Å². The van der Waals surface area contributed by atoms with Crippen LogP contribution in [0.2, 0.25) is 5.02 Å². The summed E-state index contributed by atoms with van der Waals surface area (Å²) in [4.78, 5) is 11.3. The summed E-state index contributed by atoms with van der Waals surface area (Å²) < 4.78 is 0.591. The topological polar surface area (TPSA) is 43.1 Å². The number of alkyl halides is 1. The van der Waals surface area contributed by atoms with E-state index in [9.17, 15) is 4.79 Å². The number of hydrogen-bond donors (Lipinski definition) is 1. The molecule has 2 N–H and O–H groups in total. The fraction of sp³-hybridized carbons (Fsp3) is 0.125. The minimum Gasteiger partial charge on any atom is -0.399 e. The monoisotopic (exact) mass is 325 g/mol. The number of Topliss-reactive ketones (excluding diaryl/α,β-unsaturated/α-hetero) is 1. The van der Waals surface area contributed by atoms with E-state index in [-0.39, 0.29) is 11.1 Å². The maximum atomic E-state index is 11.3. The molecule has 0 aliphatic carbocycles. The predicted molar refractivity (Wildman–Crippen MR) is 61.7 cm³/mol. The van der Waals surface area contributed by atoms with E-state index in [1.807, 2.05) is 0 Å². The van der Waals surface area contributed by atoms with Crippen molar-refractivity contribution in [1.82, 2.24) is 0 Å². The average molecular weight is 327 g/mol. The van der Waals surface area contributed by atoms with E-state index in [2.05, 4.69) is 31.9 Å². The molecule has 0 radical (unpaired) electrons. The van der Waals surface area contributed by atoms with Gasteiger partial charge >= 0.3 is 0 Å². The third-order valence-corrected chi connectivity index (χ3v) is 3.36. The van der Waals surface area contributed by atoms with E-state index in [4.69, 9.17) is 17.3 Å². The Morgan fingerprint density at radius 2 is 2.15 bits per heavy atom. The minimum atomic E-state index is -0.0546. The number of ketones is 1. The lowest BCUT2D eigenvalue weighted by atomic mass is 10.1. The van der Waals surface area contributed by atoms with Gasteiger partial charge in [0.2, 0.25) is 0 Å². The molecule has 2 nitrogen and oxygen atoms in total. The molecule has 1 rings (SSSR count). The molecular weight excluding hydrogens is 321 g/mol. The number of hydrogen-bond acceptors (Lipinski definition) is 2. The van der Waals surface area contributed by atoms with Crippen LogP contribution in [0.5, 0.6) is 0 Å². The van der Waals surface area contributed by atoms with Crippen molar-refractivity contribution in [3.05, 3.63) is 27.2 Å². The number of nitrogens with two attached hydrogens (primary N) is 1. The molecule has 0 aromatic heterocycles. The van der Waals surface area contributed by atoms with Gasteiger partial charge in [0.1, 0.15) is 0 Å². The lowest BCUT2D eigenvalue weighted by Gasteiger charge is -2.04. The van der Waals surface area contributed by atoms with E-state index in [0.717, 1.165) is 0 Å². The molecule has 0 aliphatic heterocycles. The Balaban J connectivity index is 3.28. The number of rotatable bonds is 2. The largest absolute Gasteiger partial charge is 0.399 e. The Kier molecular flexibility index (Phi) is 3.76. The molecule has 0 spiro atoms. The molecule has 5 heteroatoms. The second-order valence-electron chi connectivity index (χ2n) is 2.42. The molecule has 0 aliphatic rings. The molecule has 1 aromatic rings. The SMILES string of the molecule is Nc1cc(Cl)c(Br)c(C(=O)CBr)c1. The third kappa shape index (κ3) is 2.45. The van der Waals surface area contributed by atoms with Crippen LogP contribution in [0.1, 0.15) is 10.4 Å². The lowest BCUT2D eigenvalue weighted by Crippen LogP contribution is -2.02. The maximum Gasteiger partial charge on any atom is 0.174 e. The van der Waals surface area contributed by atoms with Crippen LogP contribution in [-0.4, -0.2) is 11.1 Å². The van der Waals surface area contributed by atoms with E-state index >= 15 is 0 Å². The van der Waals surface area contributed by atoms with Crippen LogP contribution in [-0.2, 0) is 0 Å². The molecule has 0 saturated heterocycles. The van der Waals surface area contributed by atoms with Gasteiger partial charge in [0.25, 0.3) is 0 Å². The smallest absolute Gasteiger partial charge is 0.174 e. The number of carbonyl (C=O) groups excluding carboxylic acids is 1. The zero-order valence-electron chi connectivity index (χ0n) is 6.48. The summed E-state index contributed by atoms with van der Waals surface area (Å²) in [6, 6.07) is 3.19. The van der Waals surface area contributed by atoms with Gasteiger partial charge in [-0.25, -0.2) is 0 Å². The van der Waals surface area contributed by atoms with Gasteiger partial charge in [-0.3, -0.25) is 4.79 Å². The van der Waals surface area contributed by atoms with Crippen molar-refractivity contribution >= 4 is 54.9 Å². The quantitative estimate of drug-likeness (QED) is 0.515. The van der Waals surface area contributed by atoms with Crippen LogP contribution in [0.4, 0.5) is 5.69 Å². The maximum absolute atomic E-state index is 11.3. The predicted octanol–water partition coefficient (Wildman–Crippen LogP) is 3.26. The Bertz CT molecular complexity index is 354. The van der Waals surface area contributed by atoms with Crippen molar-refractivity contribution in [3.8, 4) is 0 Å². The van der Waals surface area contributed by atoms with Crippen LogP contribution in [0.15, 0.2) is 16.6 Å². The minimum absolute atomic E-state index is 0.0546. The average Bonchev–Trinajstić information content (AvgIpc) is 2.10. The third-order valence-electron chi connectivity index (χ3n) is 1.47. The Hall–Kier alpha value is -0.0600. The molecule has 0 amide bonds. The van der Waals surface area contributed by atoms with Crippen LogP contribution >= 0.6 is 43.5 Å². The molecule has 0 bridgehead atoms. The van der Waals surface area contributed by atoms with Gasteiger partial charge < -0.3 is 5.73 Å². The van der Waals surface area contributed by atoms with Gasteiger partial charge in [-0.2, -0.15) is 0 Å². The van der Waals surface area contributed by atoms with Crippen molar-refractivity contribution in [1.29, 1.82) is 0 Å². The second kappa shape index (κ2) is 4.44. The first-order chi connectivity index (χ1) is 6.06. The molecule has 1 aromatic carbocycles. The molecule has 13 heavy (non-hydrogen) atoms. The summed E-state index contributed by atoms with van der Waals surface area (Å²) in [6.07, 6.45) is 0. The first-order valence-electron chi connectivity index (χ1n) is 3.40. The van der Waals surface area contributed by atoms with Crippen molar-refractivity contribution in [2.75, 3.05) is 11.1 Å². The summed E-state index contributed by atoms with van der Waals surface area (Å²) in [6.45, 7) is 0. The normalized spacial score (nSPS) is 10.1. The molecule has 0 atom stereocenters. The van der Waals surface area contributed by atoms with Gasteiger partial charge in [0.05, 0.1) is 10.4 Å². The van der Waals surface area contributed by atoms with Crippen molar-refractivity contribution in [2.45, 2.75) is 0 Å². The van der Waals surface area contributed by atoms with Gasteiger partial charge in [-0.05, 0) is 28.1 Å². The van der Waals surface area contributed by atoms with Gasteiger partial charge in [0, 0.05) is 15.7 Å². The van der Waals surface area contributed by atoms with Crippen LogP contribution in [0.25, 0.3) is 0 Å². The van der Waals surface area contributed by atoms with Gasteiger partial charge in [0.15, 0.2) is 5.78 Å². The first-order valence-corrected chi connectivity index (χ1v) is 5.69. The highest BCUT2D eigenvalue weighted by atomic mass is 79.9. The Morgan fingerprint density at radius 3 is 2.69 bits per heavy atom. The van der Waals surface area contributed by atoms with Crippen LogP contribution in [0, 0.1) is 0 Å². The summed E-state index contributed by atoms with van der Waals surface area (Å²) in [5, 5.41) is 0.704.